The summed E-state index contributed by atoms with van der Waals surface area (Å²) in [6, 6.07) is 3.16. The summed E-state index contributed by atoms with van der Waals surface area (Å²) in [7, 11) is 0. The summed E-state index contributed by atoms with van der Waals surface area (Å²) in [5, 5.41) is 13.4. The molecule has 0 aliphatic rings. The second-order valence-corrected chi connectivity index (χ2v) is 3.50. The molecule has 3 aromatic heterocycles. The lowest BCUT2D eigenvalue weighted by molar-refractivity contribution is 0.0690. The van der Waals surface area contributed by atoms with Gasteiger partial charge in [0, 0.05) is 6.20 Å². The van der Waals surface area contributed by atoms with Gasteiger partial charge in [0.25, 0.3) is 0 Å². The van der Waals surface area contributed by atoms with E-state index in [9.17, 15) is 4.79 Å². The molecular weight excluding hydrogens is 222 g/mol. The van der Waals surface area contributed by atoms with E-state index in [1.54, 1.807) is 12.3 Å². The Balaban J connectivity index is 2.50. The van der Waals surface area contributed by atoms with Crippen molar-refractivity contribution in [1.29, 1.82) is 0 Å². The van der Waals surface area contributed by atoms with Gasteiger partial charge in [-0.1, -0.05) is 0 Å². The van der Waals surface area contributed by atoms with Crippen LogP contribution in [0.1, 0.15) is 10.5 Å². The number of nitrogen functional groups attached to an aromatic ring is 1. The van der Waals surface area contributed by atoms with Crippen LogP contribution >= 0.6 is 0 Å². The van der Waals surface area contributed by atoms with Crippen molar-refractivity contribution in [3.63, 3.8) is 0 Å². The van der Waals surface area contributed by atoms with Crippen LogP contribution in [0.3, 0.4) is 0 Å². The zero-order chi connectivity index (χ0) is 12.0. The average Bonchev–Trinajstić information content (AvgIpc) is 2.73. The first-order valence-electron chi connectivity index (χ1n) is 4.78. The normalized spacial score (nSPS) is 11.1. The topological polar surface area (TPSA) is 106 Å². The van der Waals surface area contributed by atoms with Gasteiger partial charge >= 0.3 is 5.97 Å². The molecule has 17 heavy (non-hydrogen) atoms. The molecule has 3 aromatic rings. The van der Waals surface area contributed by atoms with Crippen LogP contribution in [-0.2, 0) is 0 Å². The number of aromatic nitrogens is 4. The average molecular weight is 229 g/mol. The Morgan fingerprint density at radius 1 is 1.41 bits per heavy atom. The second kappa shape index (κ2) is 3.14. The molecule has 7 heteroatoms. The molecule has 0 saturated carbocycles. The van der Waals surface area contributed by atoms with Gasteiger partial charge in [0.15, 0.2) is 5.69 Å². The van der Waals surface area contributed by atoms with E-state index in [2.05, 4.69) is 15.1 Å². The zero-order valence-electron chi connectivity index (χ0n) is 8.53. The Hall–Kier alpha value is -2.70. The fourth-order valence-corrected chi connectivity index (χ4v) is 1.73. The maximum atomic E-state index is 10.8. The van der Waals surface area contributed by atoms with Gasteiger partial charge in [-0.15, -0.1) is 0 Å². The third-order valence-electron chi connectivity index (χ3n) is 2.48. The molecule has 0 amide bonds. The highest BCUT2D eigenvalue weighted by atomic mass is 16.4. The van der Waals surface area contributed by atoms with Gasteiger partial charge in [-0.05, 0) is 12.1 Å². The smallest absolute Gasteiger partial charge is 0.356 e. The Bertz CT molecular complexity index is 749. The summed E-state index contributed by atoms with van der Waals surface area (Å²) >= 11 is 0. The van der Waals surface area contributed by atoms with Crippen LogP contribution in [-0.4, -0.2) is 30.7 Å². The second-order valence-electron chi connectivity index (χ2n) is 3.50. The molecule has 3 heterocycles. The number of pyridine rings is 1. The van der Waals surface area contributed by atoms with Gasteiger partial charge in [0.2, 0.25) is 0 Å². The van der Waals surface area contributed by atoms with Crippen molar-refractivity contribution in [2.75, 3.05) is 5.73 Å². The molecule has 0 unspecified atom stereocenters. The van der Waals surface area contributed by atoms with E-state index in [4.69, 9.17) is 10.8 Å². The van der Waals surface area contributed by atoms with Crippen LogP contribution in [0.2, 0.25) is 0 Å². The molecule has 0 aliphatic carbocycles. The number of carbonyl (C=O) groups is 1. The number of nitrogens with zero attached hydrogens (tertiary/aromatic N) is 4. The van der Waals surface area contributed by atoms with Crippen molar-refractivity contribution in [2.45, 2.75) is 0 Å². The lowest BCUT2D eigenvalue weighted by Crippen LogP contribution is -1.98. The molecule has 0 bridgehead atoms. The SMILES string of the molecule is Nc1nccc2ncn3nc(C(=O)O)cc3c12. The molecule has 3 rings (SSSR count). The lowest BCUT2D eigenvalue weighted by Gasteiger charge is -2.01. The van der Waals surface area contributed by atoms with Gasteiger partial charge in [-0.25, -0.2) is 19.3 Å². The molecule has 7 nitrogen and oxygen atoms in total. The highest BCUT2D eigenvalue weighted by Gasteiger charge is 2.13. The third kappa shape index (κ3) is 1.29. The number of hydrogen-bond acceptors (Lipinski definition) is 5. The van der Waals surface area contributed by atoms with Gasteiger partial charge in [0.05, 0.1) is 16.4 Å². The van der Waals surface area contributed by atoms with Crippen LogP contribution in [0.5, 0.6) is 0 Å². The van der Waals surface area contributed by atoms with Crippen LogP contribution in [0, 0.1) is 0 Å². The van der Waals surface area contributed by atoms with E-state index in [-0.39, 0.29) is 5.69 Å². The van der Waals surface area contributed by atoms with Crippen molar-refractivity contribution < 1.29 is 9.90 Å². The first kappa shape index (κ1) is 9.52. The van der Waals surface area contributed by atoms with E-state index in [1.807, 2.05) is 0 Å². The van der Waals surface area contributed by atoms with E-state index < -0.39 is 5.97 Å². The van der Waals surface area contributed by atoms with Crippen LogP contribution in [0.25, 0.3) is 16.4 Å². The van der Waals surface area contributed by atoms with Crippen molar-refractivity contribution >= 4 is 28.2 Å². The van der Waals surface area contributed by atoms with Gasteiger partial charge in [0.1, 0.15) is 12.1 Å². The predicted octanol–water partition coefficient (Wildman–Crippen LogP) is 0.558. The fourth-order valence-electron chi connectivity index (χ4n) is 1.73. The lowest BCUT2D eigenvalue weighted by atomic mass is 10.2. The summed E-state index contributed by atoms with van der Waals surface area (Å²) in [5.74, 6) is -0.790. The molecule has 84 valence electrons. The van der Waals surface area contributed by atoms with E-state index >= 15 is 0 Å². The Morgan fingerprint density at radius 3 is 3.00 bits per heavy atom. The Kier molecular flexibility index (Phi) is 1.76. The Labute approximate surface area is 94.5 Å². The number of fused-ring (bicyclic) bond motifs is 3. The number of nitrogens with two attached hydrogens (primary N) is 1. The summed E-state index contributed by atoms with van der Waals surface area (Å²) in [6.07, 6.45) is 3.00. The Morgan fingerprint density at radius 2 is 2.24 bits per heavy atom. The minimum Gasteiger partial charge on any atom is -0.476 e. The molecule has 0 aromatic carbocycles. The third-order valence-corrected chi connectivity index (χ3v) is 2.48. The van der Waals surface area contributed by atoms with Crippen LogP contribution in [0.15, 0.2) is 24.7 Å². The number of hydrogen-bond donors (Lipinski definition) is 2. The van der Waals surface area contributed by atoms with Crippen molar-refractivity contribution in [2.24, 2.45) is 0 Å². The largest absolute Gasteiger partial charge is 0.476 e. The van der Waals surface area contributed by atoms with Crippen molar-refractivity contribution in [3.05, 3.63) is 30.4 Å². The standard InChI is InChI=1S/C10H7N5O2/c11-9-8-5(1-2-12-9)13-4-15-7(8)3-6(14-15)10(16)17/h1-4H,(H2,11,12)(H,16,17). The summed E-state index contributed by atoms with van der Waals surface area (Å²) < 4.78 is 1.38. The highest BCUT2D eigenvalue weighted by Crippen LogP contribution is 2.22. The summed E-state index contributed by atoms with van der Waals surface area (Å²) in [5.41, 5.74) is 6.95. The molecule has 0 fully saturated rings. The summed E-state index contributed by atoms with van der Waals surface area (Å²) in [6.45, 7) is 0. The fraction of sp³-hybridized carbons (Fsp3) is 0. The molecule has 0 saturated heterocycles. The van der Waals surface area contributed by atoms with Gasteiger partial charge in [-0.3, -0.25) is 0 Å². The van der Waals surface area contributed by atoms with Crippen LogP contribution < -0.4 is 5.73 Å². The van der Waals surface area contributed by atoms with E-state index in [0.29, 0.717) is 22.2 Å². The van der Waals surface area contributed by atoms with Crippen LogP contribution in [0.4, 0.5) is 5.82 Å². The molecular formula is C10H7N5O2. The number of carboxylic acids is 1. The number of rotatable bonds is 1. The quantitative estimate of drug-likeness (QED) is 0.631. The van der Waals surface area contributed by atoms with Gasteiger partial charge < -0.3 is 10.8 Å². The number of anilines is 1. The first-order chi connectivity index (χ1) is 8.16. The molecule has 0 atom stereocenters. The molecule has 0 aliphatic heterocycles. The van der Waals surface area contributed by atoms with Crippen molar-refractivity contribution in [3.8, 4) is 0 Å². The number of carboxylic acid groups (broad SMARTS) is 1. The molecule has 0 spiro atoms. The predicted molar refractivity (Wildman–Crippen MR) is 59.7 cm³/mol. The monoisotopic (exact) mass is 229 g/mol. The molecule has 3 N–H and O–H groups in total. The maximum Gasteiger partial charge on any atom is 0.356 e. The van der Waals surface area contributed by atoms with Crippen molar-refractivity contribution in [1.82, 2.24) is 19.6 Å². The van der Waals surface area contributed by atoms with E-state index in [0.717, 1.165) is 0 Å². The first-order valence-corrected chi connectivity index (χ1v) is 4.78. The highest BCUT2D eigenvalue weighted by molar-refractivity contribution is 6.02. The number of aromatic carboxylic acids is 1. The molecule has 0 radical (unpaired) electrons. The minimum absolute atomic E-state index is 0.0532. The maximum absolute atomic E-state index is 10.8. The summed E-state index contributed by atoms with van der Waals surface area (Å²) in [4.78, 5) is 18.9. The van der Waals surface area contributed by atoms with Gasteiger partial charge in [-0.2, -0.15) is 5.10 Å². The zero-order valence-corrected chi connectivity index (χ0v) is 8.53. The van der Waals surface area contributed by atoms with E-state index in [1.165, 1.54) is 16.9 Å². The minimum atomic E-state index is -1.09.